The zero-order valence-electron chi connectivity index (χ0n) is 8.53. The summed E-state index contributed by atoms with van der Waals surface area (Å²) in [5, 5.41) is 2.89. The monoisotopic (exact) mass is 206 g/mol. The van der Waals surface area contributed by atoms with Crippen LogP contribution in [0.1, 0.15) is 23.7 Å². The molecule has 3 N–H and O–H groups in total. The fourth-order valence-electron chi connectivity index (χ4n) is 1.55. The standard InChI is InChI=1S/C10H14N4O/c1-7-6-9(14-13-7)12-10(15)8-2-4-11-5-3-8/h2-5,7,9,13-14H,6H2,1H3,(H,12,15). The molecular weight excluding hydrogens is 192 g/mol. The quantitative estimate of drug-likeness (QED) is 0.638. The maximum atomic E-state index is 11.7. The second kappa shape index (κ2) is 4.37. The van der Waals surface area contributed by atoms with Crippen LogP contribution in [-0.4, -0.2) is 23.1 Å². The lowest BCUT2D eigenvalue weighted by molar-refractivity contribution is 0.0932. The fourth-order valence-corrected chi connectivity index (χ4v) is 1.55. The fraction of sp³-hybridized carbons (Fsp3) is 0.400. The molecule has 0 aliphatic carbocycles. The first kappa shape index (κ1) is 10.1. The van der Waals surface area contributed by atoms with Crippen molar-refractivity contribution in [2.45, 2.75) is 25.6 Å². The lowest BCUT2D eigenvalue weighted by Crippen LogP contribution is -2.44. The number of rotatable bonds is 2. The van der Waals surface area contributed by atoms with Gasteiger partial charge in [0, 0.05) is 24.0 Å². The van der Waals surface area contributed by atoms with Crippen LogP contribution in [-0.2, 0) is 0 Å². The Bertz CT molecular complexity index is 341. The maximum absolute atomic E-state index is 11.7. The minimum atomic E-state index is -0.0780. The van der Waals surface area contributed by atoms with E-state index in [1.807, 2.05) is 0 Å². The summed E-state index contributed by atoms with van der Waals surface area (Å²) in [6.07, 6.45) is 4.10. The molecule has 0 radical (unpaired) electrons. The predicted molar refractivity (Wildman–Crippen MR) is 55.8 cm³/mol. The zero-order valence-corrected chi connectivity index (χ0v) is 8.53. The Morgan fingerprint density at radius 1 is 1.47 bits per heavy atom. The number of hydrogen-bond acceptors (Lipinski definition) is 4. The molecule has 0 bridgehead atoms. The van der Waals surface area contributed by atoms with Gasteiger partial charge in [0.05, 0.1) is 6.17 Å². The highest BCUT2D eigenvalue weighted by Crippen LogP contribution is 2.03. The molecule has 2 unspecified atom stereocenters. The molecule has 5 nitrogen and oxygen atoms in total. The molecule has 0 aromatic carbocycles. The highest BCUT2D eigenvalue weighted by Gasteiger charge is 2.21. The van der Waals surface area contributed by atoms with Crippen LogP contribution in [0.4, 0.5) is 0 Å². The Labute approximate surface area is 88.3 Å². The van der Waals surface area contributed by atoms with E-state index in [0.29, 0.717) is 11.6 Å². The average molecular weight is 206 g/mol. The third kappa shape index (κ3) is 2.51. The van der Waals surface area contributed by atoms with Gasteiger partial charge in [-0.05, 0) is 25.5 Å². The van der Waals surface area contributed by atoms with Crippen LogP contribution in [0.3, 0.4) is 0 Å². The summed E-state index contributed by atoms with van der Waals surface area (Å²) < 4.78 is 0. The van der Waals surface area contributed by atoms with Gasteiger partial charge in [-0.25, -0.2) is 5.43 Å². The molecule has 2 atom stereocenters. The van der Waals surface area contributed by atoms with Crippen molar-refractivity contribution >= 4 is 5.91 Å². The molecule has 1 aromatic rings. The summed E-state index contributed by atoms with van der Waals surface area (Å²) in [7, 11) is 0. The number of carbonyl (C=O) groups is 1. The van der Waals surface area contributed by atoms with Crippen molar-refractivity contribution in [3.8, 4) is 0 Å². The van der Waals surface area contributed by atoms with Gasteiger partial charge < -0.3 is 5.32 Å². The summed E-state index contributed by atoms with van der Waals surface area (Å²) in [4.78, 5) is 15.6. The molecule has 2 heterocycles. The molecule has 15 heavy (non-hydrogen) atoms. The van der Waals surface area contributed by atoms with Crippen molar-refractivity contribution in [1.82, 2.24) is 21.2 Å². The first-order chi connectivity index (χ1) is 7.25. The molecular formula is C10H14N4O. The van der Waals surface area contributed by atoms with E-state index in [4.69, 9.17) is 0 Å². The predicted octanol–water partition coefficient (Wildman–Crippen LogP) is 0.0239. The van der Waals surface area contributed by atoms with Crippen LogP contribution < -0.4 is 16.2 Å². The maximum Gasteiger partial charge on any atom is 0.252 e. The van der Waals surface area contributed by atoms with Crippen molar-refractivity contribution in [3.63, 3.8) is 0 Å². The van der Waals surface area contributed by atoms with Gasteiger partial charge in [-0.1, -0.05) is 0 Å². The smallest absolute Gasteiger partial charge is 0.252 e. The van der Waals surface area contributed by atoms with Crippen molar-refractivity contribution in [1.29, 1.82) is 0 Å². The normalized spacial score (nSPS) is 25.1. The Kier molecular flexibility index (Phi) is 2.94. The van der Waals surface area contributed by atoms with Crippen LogP contribution >= 0.6 is 0 Å². The van der Waals surface area contributed by atoms with E-state index in [-0.39, 0.29) is 12.1 Å². The van der Waals surface area contributed by atoms with Crippen molar-refractivity contribution in [2.24, 2.45) is 0 Å². The van der Waals surface area contributed by atoms with E-state index in [9.17, 15) is 4.79 Å². The summed E-state index contributed by atoms with van der Waals surface area (Å²) in [5.74, 6) is -0.0780. The van der Waals surface area contributed by atoms with Gasteiger partial charge in [0.25, 0.3) is 5.91 Å². The van der Waals surface area contributed by atoms with Gasteiger partial charge in [-0.3, -0.25) is 15.2 Å². The van der Waals surface area contributed by atoms with Crippen molar-refractivity contribution in [2.75, 3.05) is 0 Å². The number of nitrogens with zero attached hydrogens (tertiary/aromatic N) is 1. The first-order valence-corrected chi connectivity index (χ1v) is 4.97. The Hall–Kier alpha value is -1.46. The summed E-state index contributed by atoms with van der Waals surface area (Å²) >= 11 is 0. The molecule has 1 aromatic heterocycles. The number of pyridine rings is 1. The van der Waals surface area contributed by atoms with E-state index in [1.165, 1.54) is 0 Å². The largest absolute Gasteiger partial charge is 0.335 e. The SMILES string of the molecule is CC1CC(NC(=O)c2ccncc2)NN1. The lowest BCUT2D eigenvalue weighted by atomic mass is 10.2. The molecule has 0 spiro atoms. The van der Waals surface area contributed by atoms with E-state index in [0.717, 1.165) is 6.42 Å². The van der Waals surface area contributed by atoms with E-state index in [2.05, 4.69) is 28.1 Å². The van der Waals surface area contributed by atoms with Crippen LogP contribution in [0.2, 0.25) is 0 Å². The number of amides is 1. The Morgan fingerprint density at radius 2 is 2.20 bits per heavy atom. The average Bonchev–Trinajstić information content (AvgIpc) is 2.65. The van der Waals surface area contributed by atoms with Crippen LogP contribution in [0.15, 0.2) is 24.5 Å². The van der Waals surface area contributed by atoms with Gasteiger partial charge in [0.15, 0.2) is 0 Å². The van der Waals surface area contributed by atoms with Gasteiger partial charge in [-0.2, -0.15) is 0 Å². The minimum absolute atomic E-state index is 0.000616. The second-order valence-electron chi connectivity index (χ2n) is 3.69. The van der Waals surface area contributed by atoms with E-state index in [1.54, 1.807) is 24.5 Å². The number of aromatic nitrogens is 1. The number of carbonyl (C=O) groups excluding carboxylic acids is 1. The molecule has 2 rings (SSSR count). The van der Waals surface area contributed by atoms with Crippen LogP contribution in [0.25, 0.3) is 0 Å². The van der Waals surface area contributed by atoms with Gasteiger partial charge in [0.1, 0.15) is 0 Å². The van der Waals surface area contributed by atoms with E-state index >= 15 is 0 Å². The summed E-state index contributed by atoms with van der Waals surface area (Å²) in [5.41, 5.74) is 6.69. The Morgan fingerprint density at radius 3 is 2.80 bits per heavy atom. The highest BCUT2D eigenvalue weighted by molar-refractivity contribution is 5.94. The number of hydrazine groups is 1. The number of hydrogen-bond donors (Lipinski definition) is 3. The van der Waals surface area contributed by atoms with Crippen LogP contribution in [0.5, 0.6) is 0 Å². The Balaban J connectivity index is 1.93. The topological polar surface area (TPSA) is 66.0 Å². The van der Waals surface area contributed by atoms with Crippen LogP contribution in [0, 0.1) is 0 Å². The van der Waals surface area contributed by atoms with Gasteiger partial charge in [0.2, 0.25) is 0 Å². The molecule has 1 amide bonds. The molecule has 1 aliphatic heterocycles. The molecule has 80 valence electrons. The molecule has 1 aliphatic rings. The molecule has 1 saturated heterocycles. The van der Waals surface area contributed by atoms with Gasteiger partial charge in [-0.15, -0.1) is 0 Å². The molecule has 5 heteroatoms. The third-order valence-corrected chi connectivity index (χ3v) is 2.34. The third-order valence-electron chi connectivity index (χ3n) is 2.34. The second-order valence-corrected chi connectivity index (χ2v) is 3.69. The minimum Gasteiger partial charge on any atom is -0.335 e. The van der Waals surface area contributed by atoms with E-state index < -0.39 is 0 Å². The molecule has 1 fully saturated rings. The summed E-state index contributed by atoms with van der Waals surface area (Å²) in [6, 6.07) is 3.77. The number of nitrogens with one attached hydrogen (secondary N) is 3. The molecule has 0 saturated carbocycles. The summed E-state index contributed by atoms with van der Waals surface area (Å²) in [6.45, 7) is 2.06. The highest BCUT2D eigenvalue weighted by atomic mass is 16.1. The zero-order chi connectivity index (χ0) is 10.7. The lowest BCUT2D eigenvalue weighted by Gasteiger charge is -2.11. The van der Waals surface area contributed by atoms with Gasteiger partial charge >= 0.3 is 0 Å². The first-order valence-electron chi connectivity index (χ1n) is 4.97. The van der Waals surface area contributed by atoms with Crippen molar-refractivity contribution in [3.05, 3.63) is 30.1 Å². The van der Waals surface area contributed by atoms with Crippen molar-refractivity contribution < 1.29 is 4.79 Å².